The zero-order valence-electron chi connectivity index (χ0n) is 9.64. The summed E-state index contributed by atoms with van der Waals surface area (Å²) < 4.78 is 0. The summed E-state index contributed by atoms with van der Waals surface area (Å²) in [5.74, 6) is 0.236. The summed E-state index contributed by atoms with van der Waals surface area (Å²) in [5.41, 5.74) is 1.95. The molecule has 0 fully saturated rings. The molecule has 0 aromatic carbocycles. The fourth-order valence-corrected chi connectivity index (χ4v) is 1.38. The number of rotatable bonds is 2. The van der Waals surface area contributed by atoms with Crippen molar-refractivity contribution in [1.82, 2.24) is 15.0 Å². The van der Waals surface area contributed by atoms with Crippen molar-refractivity contribution >= 4 is 11.7 Å². The van der Waals surface area contributed by atoms with Crippen molar-refractivity contribution in [2.24, 2.45) is 0 Å². The quantitative estimate of drug-likeness (QED) is 0.850. The number of carbonyl (C=O) groups excluding carboxylic acids is 1. The third-order valence-corrected chi connectivity index (χ3v) is 2.46. The van der Waals surface area contributed by atoms with Gasteiger partial charge in [-0.15, -0.1) is 0 Å². The predicted octanol–water partition coefficient (Wildman–Crippen LogP) is 1.74. The molecule has 0 radical (unpaired) electrons. The van der Waals surface area contributed by atoms with Crippen molar-refractivity contribution in [3.05, 3.63) is 47.7 Å². The summed E-state index contributed by atoms with van der Waals surface area (Å²) in [6.45, 7) is 3.66. The molecule has 0 aliphatic carbocycles. The van der Waals surface area contributed by atoms with E-state index in [1.54, 1.807) is 24.4 Å². The van der Waals surface area contributed by atoms with Gasteiger partial charge in [0.1, 0.15) is 17.8 Å². The van der Waals surface area contributed by atoms with Crippen LogP contribution < -0.4 is 5.32 Å². The van der Waals surface area contributed by atoms with Gasteiger partial charge in [0.15, 0.2) is 0 Å². The van der Waals surface area contributed by atoms with E-state index < -0.39 is 0 Å². The smallest absolute Gasteiger partial charge is 0.275 e. The Morgan fingerprint density at radius 1 is 1.18 bits per heavy atom. The van der Waals surface area contributed by atoms with E-state index in [2.05, 4.69) is 20.3 Å². The van der Waals surface area contributed by atoms with E-state index in [9.17, 15) is 4.79 Å². The van der Waals surface area contributed by atoms with Crippen LogP contribution in [0.1, 0.15) is 21.7 Å². The number of anilines is 1. The molecule has 2 rings (SSSR count). The minimum Gasteiger partial charge on any atom is -0.305 e. The summed E-state index contributed by atoms with van der Waals surface area (Å²) in [6.07, 6.45) is 3.00. The Bertz CT molecular complexity index is 539. The number of hydrogen-bond acceptors (Lipinski definition) is 4. The number of aryl methyl sites for hydroxylation is 1. The molecule has 5 nitrogen and oxygen atoms in total. The fraction of sp³-hybridized carbons (Fsp3) is 0.167. The minimum atomic E-state index is -0.272. The largest absolute Gasteiger partial charge is 0.305 e. The number of nitrogens with zero attached hydrogens (tertiary/aromatic N) is 3. The van der Waals surface area contributed by atoms with Crippen LogP contribution in [0, 0.1) is 13.8 Å². The van der Waals surface area contributed by atoms with Gasteiger partial charge in [-0.2, -0.15) is 0 Å². The molecule has 2 aromatic rings. The first-order chi connectivity index (χ1) is 8.18. The summed E-state index contributed by atoms with van der Waals surface area (Å²) in [7, 11) is 0. The Balaban J connectivity index is 2.24. The third kappa shape index (κ3) is 2.44. The highest BCUT2D eigenvalue weighted by Crippen LogP contribution is 2.09. The maximum absolute atomic E-state index is 11.9. The van der Waals surface area contributed by atoms with Gasteiger partial charge in [-0.3, -0.25) is 4.79 Å². The van der Waals surface area contributed by atoms with Crippen molar-refractivity contribution in [1.29, 1.82) is 0 Å². The fourth-order valence-electron chi connectivity index (χ4n) is 1.38. The van der Waals surface area contributed by atoms with Crippen LogP contribution in [0.5, 0.6) is 0 Å². The third-order valence-electron chi connectivity index (χ3n) is 2.46. The number of aromatic nitrogens is 3. The molecule has 17 heavy (non-hydrogen) atoms. The highest BCUT2D eigenvalue weighted by atomic mass is 16.1. The van der Waals surface area contributed by atoms with Crippen LogP contribution in [0.2, 0.25) is 0 Å². The number of nitrogens with one attached hydrogen (secondary N) is 1. The number of pyridine rings is 1. The normalized spacial score (nSPS) is 10.0. The SMILES string of the molecule is Cc1ncnc(C(=O)Nc2ccccn2)c1C. The van der Waals surface area contributed by atoms with Crippen LogP contribution >= 0.6 is 0 Å². The maximum Gasteiger partial charge on any atom is 0.275 e. The van der Waals surface area contributed by atoms with Crippen molar-refractivity contribution in [3.63, 3.8) is 0 Å². The van der Waals surface area contributed by atoms with Crippen LogP contribution in [0.4, 0.5) is 5.82 Å². The van der Waals surface area contributed by atoms with E-state index in [-0.39, 0.29) is 5.91 Å². The van der Waals surface area contributed by atoms with Crippen molar-refractivity contribution in [2.45, 2.75) is 13.8 Å². The molecule has 0 aliphatic heterocycles. The van der Waals surface area contributed by atoms with E-state index in [1.165, 1.54) is 6.33 Å². The van der Waals surface area contributed by atoms with Crippen LogP contribution in [0.25, 0.3) is 0 Å². The molecule has 0 saturated carbocycles. The lowest BCUT2D eigenvalue weighted by molar-refractivity contribution is 0.102. The van der Waals surface area contributed by atoms with Gasteiger partial charge in [0.05, 0.1) is 0 Å². The second-order valence-electron chi connectivity index (χ2n) is 3.60. The first-order valence-electron chi connectivity index (χ1n) is 5.19. The molecule has 86 valence electrons. The first-order valence-corrected chi connectivity index (χ1v) is 5.19. The molecule has 5 heteroatoms. The van der Waals surface area contributed by atoms with Crippen LogP contribution in [0.3, 0.4) is 0 Å². The van der Waals surface area contributed by atoms with E-state index in [0.717, 1.165) is 11.3 Å². The molecule has 2 aromatic heterocycles. The lowest BCUT2D eigenvalue weighted by Gasteiger charge is -2.06. The molecule has 1 N–H and O–H groups in total. The number of amides is 1. The van der Waals surface area contributed by atoms with Crippen molar-refractivity contribution in [2.75, 3.05) is 5.32 Å². The molecular weight excluding hydrogens is 216 g/mol. The Morgan fingerprint density at radius 2 is 2.00 bits per heavy atom. The van der Waals surface area contributed by atoms with Gasteiger partial charge in [-0.05, 0) is 26.0 Å². The van der Waals surface area contributed by atoms with Crippen molar-refractivity contribution < 1.29 is 4.79 Å². The number of hydrogen-bond donors (Lipinski definition) is 1. The summed E-state index contributed by atoms with van der Waals surface area (Å²) >= 11 is 0. The Kier molecular flexibility index (Phi) is 3.09. The number of carbonyl (C=O) groups is 1. The van der Waals surface area contributed by atoms with Crippen LogP contribution in [-0.2, 0) is 0 Å². The molecule has 1 amide bonds. The zero-order chi connectivity index (χ0) is 12.3. The lowest BCUT2D eigenvalue weighted by Crippen LogP contribution is -2.16. The van der Waals surface area contributed by atoms with Gasteiger partial charge < -0.3 is 5.32 Å². The highest BCUT2D eigenvalue weighted by Gasteiger charge is 2.12. The standard InChI is InChI=1S/C12H12N4O/c1-8-9(2)14-7-15-11(8)12(17)16-10-5-3-4-6-13-10/h3-7H,1-2H3,(H,13,16,17). The molecule has 0 aliphatic rings. The van der Waals surface area contributed by atoms with E-state index in [4.69, 9.17) is 0 Å². The average Bonchev–Trinajstić information content (AvgIpc) is 2.34. The van der Waals surface area contributed by atoms with Crippen molar-refractivity contribution in [3.8, 4) is 0 Å². The molecular formula is C12H12N4O. The maximum atomic E-state index is 11.9. The van der Waals surface area contributed by atoms with Crippen LogP contribution in [0.15, 0.2) is 30.7 Å². The summed E-state index contributed by atoms with van der Waals surface area (Å²) in [4.78, 5) is 24.0. The lowest BCUT2D eigenvalue weighted by atomic mass is 10.2. The van der Waals surface area contributed by atoms with E-state index >= 15 is 0 Å². The monoisotopic (exact) mass is 228 g/mol. The second-order valence-corrected chi connectivity index (χ2v) is 3.60. The van der Waals surface area contributed by atoms with Gasteiger partial charge >= 0.3 is 0 Å². The van der Waals surface area contributed by atoms with Gasteiger partial charge in [0.25, 0.3) is 5.91 Å². The summed E-state index contributed by atoms with van der Waals surface area (Å²) in [5, 5.41) is 2.69. The minimum absolute atomic E-state index is 0.272. The second kappa shape index (κ2) is 4.69. The van der Waals surface area contributed by atoms with E-state index in [0.29, 0.717) is 11.5 Å². The van der Waals surface area contributed by atoms with Gasteiger partial charge in [-0.1, -0.05) is 6.07 Å². The predicted molar refractivity (Wildman–Crippen MR) is 63.7 cm³/mol. The molecule has 0 unspecified atom stereocenters. The molecule has 0 bridgehead atoms. The average molecular weight is 228 g/mol. The first kappa shape index (κ1) is 11.2. The highest BCUT2D eigenvalue weighted by molar-refractivity contribution is 6.03. The topological polar surface area (TPSA) is 67.8 Å². The van der Waals surface area contributed by atoms with Crippen LogP contribution in [-0.4, -0.2) is 20.9 Å². The van der Waals surface area contributed by atoms with E-state index in [1.807, 2.05) is 13.8 Å². The Morgan fingerprint density at radius 3 is 2.71 bits per heavy atom. The zero-order valence-corrected chi connectivity index (χ0v) is 9.64. The molecule has 0 saturated heterocycles. The molecule has 0 spiro atoms. The molecule has 0 atom stereocenters. The summed E-state index contributed by atoms with van der Waals surface area (Å²) in [6, 6.07) is 5.32. The Labute approximate surface area is 99.0 Å². The molecule has 2 heterocycles. The van der Waals surface area contributed by atoms with Gasteiger partial charge in [-0.25, -0.2) is 15.0 Å². The Hall–Kier alpha value is -2.30. The van der Waals surface area contributed by atoms with Gasteiger partial charge in [0, 0.05) is 17.5 Å². The van der Waals surface area contributed by atoms with Gasteiger partial charge in [0.2, 0.25) is 0 Å².